The Labute approximate surface area is 186 Å². The highest BCUT2D eigenvalue weighted by Crippen LogP contribution is 2.18. The Morgan fingerprint density at radius 1 is 1.19 bits per heavy atom. The molecule has 0 bridgehead atoms. The molecule has 1 aromatic heterocycles. The quantitative estimate of drug-likeness (QED) is 0.171. The average molecular weight is 459 g/mol. The molecule has 0 aromatic carbocycles. The number of aliphatic carboxylic acids is 1. The van der Waals surface area contributed by atoms with Crippen molar-refractivity contribution in [3.63, 3.8) is 0 Å². The van der Waals surface area contributed by atoms with Crippen LogP contribution in [-0.2, 0) is 9.59 Å². The molecule has 0 fully saturated rings. The van der Waals surface area contributed by atoms with Gasteiger partial charge >= 0.3 is 12.0 Å². The van der Waals surface area contributed by atoms with Gasteiger partial charge in [-0.2, -0.15) is 4.98 Å². The number of nitrogens with zero attached hydrogens (tertiary/aromatic N) is 2. The predicted octanol–water partition coefficient (Wildman–Crippen LogP) is -0.287. The average Bonchev–Trinajstić information content (AvgIpc) is 3.23. The van der Waals surface area contributed by atoms with E-state index >= 15 is 0 Å². The molecule has 8 N–H and O–H groups in total. The summed E-state index contributed by atoms with van der Waals surface area (Å²) in [5.41, 5.74) is 5.66. The Kier molecular flexibility index (Phi) is 12.2. The van der Waals surface area contributed by atoms with Crippen molar-refractivity contribution in [1.82, 2.24) is 26.1 Å². The third kappa shape index (κ3) is 9.58. The second kappa shape index (κ2) is 14.3. The van der Waals surface area contributed by atoms with E-state index in [0.717, 1.165) is 25.7 Å². The van der Waals surface area contributed by atoms with Gasteiger partial charge in [0, 0.05) is 13.0 Å². The van der Waals surface area contributed by atoms with Crippen molar-refractivity contribution in [2.24, 2.45) is 5.73 Å². The first-order chi connectivity index (χ1) is 15.2. The molecule has 1 unspecified atom stereocenters. The molecule has 1 aromatic rings. The zero-order valence-electron chi connectivity index (χ0n) is 18.4. The third-order valence-electron chi connectivity index (χ3n) is 4.64. The smallest absolute Gasteiger partial charge is 0.328 e. The standard InChI is InChI=1S/C19H34N6O7/c1-3-4-5-6-9-21-14(28)8-7-13(17-24-16(25-32-17)12(20)10-26)22-19(31)23-15(11(2)27)18(29)30/h11-13,15,26-27H,3-10,20H2,1-2H3,(H,21,28)(H,29,30)(H2,22,23,31)/t11?,12-,13-,15-/m0/s1. The van der Waals surface area contributed by atoms with E-state index in [2.05, 4.69) is 33.0 Å². The van der Waals surface area contributed by atoms with E-state index in [4.69, 9.17) is 20.5 Å². The molecule has 0 aliphatic rings. The highest BCUT2D eigenvalue weighted by Gasteiger charge is 2.28. The Morgan fingerprint density at radius 2 is 1.91 bits per heavy atom. The number of carbonyl (C=O) groups excluding carboxylic acids is 2. The van der Waals surface area contributed by atoms with Crippen LogP contribution < -0.4 is 21.7 Å². The number of hydrogen-bond acceptors (Lipinski definition) is 9. The van der Waals surface area contributed by atoms with Gasteiger partial charge in [-0.15, -0.1) is 0 Å². The van der Waals surface area contributed by atoms with E-state index in [1.807, 2.05) is 0 Å². The van der Waals surface area contributed by atoms with Crippen LogP contribution in [0.2, 0.25) is 0 Å². The summed E-state index contributed by atoms with van der Waals surface area (Å²) >= 11 is 0. The lowest BCUT2D eigenvalue weighted by atomic mass is 10.1. The van der Waals surface area contributed by atoms with Crippen molar-refractivity contribution >= 4 is 17.9 Å². The topological polar surface area (TPSA) is 213 Å². The van der Waals surface area contributed by atoms with Crippen molar-refractivity contribution < 1.29 is 34.2 Å². The first kappa shape index (κ1) is 27.3. The number of amides is 3. The molecule has 0 radical (unpaired) electrons. The summed E-state index contributed by atoms with van der Waals surface area (Å²) in [4.78, 5) is 39.7. The largest absolute Gasteiger partial charge is 0.480 e. The summed E-state index contributed by atoms with van der Waals surface area (Å²) in [6.07, 6.45) is 2.84. The second-order valence-corrected chi connectivity index (χ2v) is 7.46. The number of carboxylic acid groups (broad SMARTS) is 1. The molecule has 13 nitrogen and oxygen atoms in total. The fraction of sp³-hybridized carbons (Fsp3) is 0.737. The van der Waals surface area contributed by atoms with Crippen molar-refractivity contribution in [3.8, 4) is 0 Å². The minimum absolute atomic E-state index is 0.0162. The van der Waals surface area contributed by atoms with E-state index in [-0.39, 0.29) is 30.5 Å². The fourth-order valence-electron chi connectivity index (χ4n) is 2.75. The molecule has 0 saturated heterocycles. The Hall–Kier alpha value is -2.77. The number of aromatic nitrogens is 2. The first-order valence-electron chi connectivity index (χ1n) is 10.6. The van der Waals surface area contributed by atoms with Gasteiger partial charge < -0.3 is 41.5 Å². The van der Waals surface area contributed by atoms with Crippen LogP contribution in [0.5, 0.6) is 0 Å². The maximum atomic E-state index is 12.3. The number of aliphatic hydroxyl groups excluding tert-OH is 2. The highest BCUT2D eigenvalue weighted by atomic mass is 16.5. The van der Waals surface area contributed by atoms with Gasteiger partial charge in [0.15, 0.2) is 11.9 Å². The minimum Gasteiger partial charge on any atom is -0.480 e. The lowest BCUT2D eigenvalue weighted by molar-refractivity contribution is -0.141. The molecule has 1 heterocycles. The van der Waals surface area contributed by atoms with E-state index in [0.29, 0.717) is 6.54 Å². The summed E-state index contributed by atoms with van der Waals surface area (Å²) in [5, 5.41) is 38.9. The summed E-state index contributed by atoms with van der Waals surface area (Å²) in [6.45, 7) is 3.44. The third-order valence-corrected chi connectivity index (χ3v) is 4.64. The van der Waals surface area contributed by atoms with Crippen LogP contribution in [-0.4, -0.2) is 68.7 Å². The second-order valence-electron chi connectivity index (χ2n) is 7.46. The van der Waals surface area contributed by atoms with Crippen molar-refractivity contribution in [2.75, 3.05) is 13.2 Å². The zero-order valence-corrected chi connectivity index (χ0v) is 18.4. The Morgan fingerprint density at radius 3 is 2.50 bits per heavy atom. The van der Waals surface area contributed by atoms with Crippen molar-refractivity contribution in [3.05, 3.63) is 11.7 Å². The van der Waals surface area contributed by atoms with Gasteiger partial charge in [-0.3, -0.25) is 4.79 Å². The molecule has 0 aliphatic heterocycles. The maximum Gasteiger partial charge on any atom is 0.328 e. The molecule has 182 valence electrons. The van der Waals surface area contributed by atoms with Crippen LogP contribution in [0.1, 0.15) is 76.2 Å². The SMILES string of the molecule is CCCCCCNC(=O)CC[C@H](NC(=O)N[C@H](C(=O)O)C(C)O)c1nc([C@@H](N)CO)no1. The number of nitrogens with two attached hydrogens (primary N) is 1. The Balaban J connectivity index is 2.78. The number of carbonyl (C=O) groups is 3. The molecule has 4 atom stereocenters. The van der Waals surface area contributed by atoms with E-state index in [1.54, 1.807) is 0 Å². The van der Waals surface area contributed by atoms with Crippen LogP contribution in [0.4, 0.5) is 4.79 Å². The molecule has 0 spiro atoms. The van der Waals surface area contributed by atoms with Crippen LogP contribution in [0, 0.1) is 0 Å². The Bertz CT molecular complexity index is 727. The van der Waals surface area contributed by atoms with E-state index in [1.165, 1.54) is 6.92 Å². The molecular weight excluding hydrogens is 424 g/mol. The number of unbranched alkanes of at least 4 members (excludes halogenated alkanes) is 3. The predicted molar refractivity (Wildman–Crippen MR) is 112 cm³/mol. The van der Waals surface area contributed by atoms with Gasteiger partial charge in [-0.1, -0.05) is 31.3 Å². The van der Waals surface area contributed by atoms with Crippen LogP contribution in [0.3, 0.4) is 0 Å². The lowest BCUT2D eigenvalue weighted by Crippen LogP contribution is -2.51. The van der Waals surface area contributed by atoms with Gasteiger partial charge in [0.25, 0.3) is 0 Å². The van der Waals surface area contributed by atoms with Crippen LogP contribution in [0.15, 0.2) is 4.52 Å². The minimum atomic E-state index is -1.54. The molecule has 0 saturated carbocycles. The van der Waals surface area contributed by atoms with Crippen LogP contribution in [0.25, 0.3) is 0 Å². The van der Waals surface area contributed by atoms with Gasteiger partial charge in [-0.25, -0.2) is 9.59 Å². The summed E-state index contributed by atoms with van der Waals surface area (Å²) in [6, 6.07) is -4.27. The van der Waals surface area contributed by atoms with Crippen molar-refractivity contribution in [1.29, 1.82) is 0 Å². The summed E-state index contributed by atoms with van der Waals surface area (Å²) < 4.78 is 5.12. The molecule has 0 aliphatic carbocycles. The van der Waals surface area contributed by atoms with Gasteiger partial charge in [0.05, 0.1) is 18.8 Å². The van der Waals surface area contributed by atoms with E-state index < -0.39 is 42.8 Å². The molecular formula is C19H34N6O7. The summed E-state index contributed by atoms with van der Waals surface area (Å²) in [7, 11) is 0. The summed E-state index contributed by atoms with van der Waals surface area (Å²) in [5.74, 6) is -1.68. The number of nitrogens with one attached hydrogen (secondary N) is 3. The fourth-order valence-corrected chi connectivity index (χ4v) is 2.75. The molecule has 1 rings (SSSR count). The zero-order chi connectivity index (χ0) is 24.1. The number of rotatable bonds is 15. The molecule has 3 amide bonds. The number of hydrogen-bond donors (Lipinski definition) is 7. The monoisotopic (exact) mass is 458 g/mol. The van der Waals surface area contributed by atoms with Gasteiger partial charge in [-0.05, 0) is 19.8 Å². The molecule has 13 heteroatoms. The lowest BCUT2D eigenvalue weighted by Gasteiger charge is -2.20. The normalized spacial score (nSPS) is 14.8. The number of carboxylic acids is 1. The number of aliphatic hydroxyl groups is 2. The van der Waals surface area contributed by atoms with Crippen LogP contribution >= 0.6 is 0 Å². The maximum absolute atomic E-state index is 12.3. The van der Waals surface area contributed by atoms with Gasteiger partial charge in [0.2, 0.25) is 11.8 Å². The highest BCUT2D eigenvalue weighted by molar-refractivity contribution is 5.83. The van der Waals surface area contributed by atoms with Gasteiger partial charge in [0.1, 0.15) is 6.04 Å². The van der Waals surface area contributed by atoms with Crippen molar-refractivity contribution in [2.45, 2.75) is 76.6 Å². The molecule has 32 heavy (non-hydrogen) atoms. The number of urea groups is 1. The van der Waals surface area contributed by atoms with E-state index in [9.17, 15) is 19.5 Å². The first-order valence-corrected chi connectivity index (χ1v) is 10.6.